The molecule has 1 saturated heterocycles. The molecule has 1 atom stereocenters. The monoisotopic (exact) mass is 437 g/mol. The molecule has 1 aliphatic heterocycles. The molecule has 4 heterocycles. The second-order valence-corrected chi connectivity index (χ2v) is 8.86. The third-order valence-electron chi connectivity index (χ3n) is 5.68. The molecule has 9 heteroatoms. The maximum absolute atomic E-state index is 13.6. The number of hydrogen-bond acceptors (Lipinski definition) is 5. The number of halogens is 3. The van der Waals surface area contributed by atoms with E-state index in [-0.39, 0.29) is 34.5 Å². The summed E-state index contributed by atoms with van der Waals surface area (Å²) in [6.07, 6.45) is -2.67. The Bertz CT molecular complexity index is 1040. The first-order chi connectivity index (χ1) is 14.2. The summed E-state index contributed by atoms with van der Waals surface area (Å²) in [4.78, 5) is 20.1. The molecule has 0 radical (unpaired) electrons. The van der Waals surface area contributed by atoms with Gasteiger partial charge in [0, 0.05) is 35.5 Å². The Morgan fingerprint density at radius 3 is 2.73 bits per heavy atom. The summed E-state index contributed by atoms with van der Waals surface area (Å²) in [6, 6.07) is 5.11. The molecule has 4 rings (SSSR count). The van der Waals surface area contributed by atoms with Gasteiger partial charge in [0.2, 0.25) is 5.91 Å². The zero-order chi connectivity index (χ0) is 21.5. The van der Waals surface area contributed by atoms with E-state index in [0.29, 0.717) is 38.0 Å². The van der Waals surface area contributed by atoms with Gasteiger partial charge in [-0.15, -0.1) is 11.3 Å². The molecule has 0 aliphatic carbocycles. The highest BCUT2D eigenvalue weighted by Crippen LogP contribution is 2.39. The second-order valence-electron chi connectivity index (χ2n) is 7.82. The number of nitrogens with zero attached hydrogens (tertiary/aromatic N) is 3. The van der Waals surface area contributed by atoms with Crippen LogP contribution in [0.1, 0.15) is 47.5 Å². The van der Waals surface area contributed by atoms with E-state index in [2.05, 4.69) is 10.1 Å². The third kappa shape index (κ3) is 4.08. The van der Waals surface area contributed by atoms with Crippen LogP contribution in [-0.4, -0.2) is 34.0 Å². The summed E-state index contributed by atoms with van der Waals surface area (Å²) >= 11 is 1.63. The Kier molecular flexibility index (Phi) is 5.57. The van der Waals surface area contributed by atoms with Crippen molar-refractivity contribution in [2.24, 2.45) is 5.92 Å². The molecule has 1 unspecified atom stereocenters. The number of rotatable bonds is 4. The minimum Gasteiger partial charge on any atom is -0.342 e. The molecule has 0 spiro atoms. The summed E-state index contributed by atoms with van der Waals surface area (Å²) in [5.74, 6) is -0.187. The molecule has 1 amide bonds. The van der Waals surface area contributed by atoms with Gasteiger partial charge >= 0.3 is 6.18 Å². The molecule has 1 fully saturated rings. The van der Waals surface area contributed by atoms with Crippen LogP contribution in [0.15, 0.2) is 28.1 Å². The molecule has 0 aromatic carbocycles. The predicted octanol–water partition coefficient (Wildman–Crippen LogP) is 5.20. The SMILES string of the molecule is Cc1noc2nc(C3CCN(C(=O)C(C)Cc4cccs4)CC3)cc(C(F)(F)F)c12. The second kappa shape index (κ2) is 8.02. The highest BCUT2D eigenvalue weighted by atomic mass is 32.1. The van der Waals surface area contributed by atoms with Crippen LogP contribution in [0.3, 0.4) is 0 Å². The van der Waals surface area contributed by atoms with Crippen LogP contribution < -0.4 is 0 Å². The number of aromatic nitrogens is 2. The normalized spacial score (nSPS) is 16.9. The van der Waals surface area contributed by atoms with E-state index in [4.69, 9.17) is 4.52 Å². The minimum atomic E-state index is -4.51. The largest absolute Gasteiger partial charge is 0.417 e. The fraction of sp³-hybridized carbons (Fsp3) is 0.476. The number of pyridine rings is 1. The van der Waals surface area contributed by atoms with Crippen molar-refractivity contribution in [3.8, 4) is 0 Å². The number of alkyl halides is 3. The fourth-order valence-electron chi connectivity index (χ4n) is 4.07. The van der Waals surface area contributed by atoms with E-state index in [1.807, 2.05) is 29.3 Å². The minimum absolute atomic E-state index is 0.0822. The summed E-state index contributed by atoms with van der Waals surface area (Å²) in [7, 11) is 0. The van der Waals surface area contributed by atoms with Crippen molar-refractivity contribution in [3.63, 3.8) is 0 Å². The Hall–Kier alpha value is -2.42. The van der Waals surface area contributed by atoms with Crippen molar-refractivity contribution < 1.29 is 22.5 Å². The molecule has 0 saturated carbocycles. The van der Waals surface area contributed by atoms with Crippen LogP contribution in [0.25, 0.3) is 11.1 Å². The van der Waals surface area contributed by atoms with Crippen molar-refractivity contribution in [3.05, 3.63) is 45.4 Å². The number of aryl methyl sites for hydroxylation is 1. The molecule has 1 aliphatic rings. The first-order valence-electron chi connectivity index (χ1n) is 9.89. The molecule has 3 aromatic heterocycles. The number of carbonyl (C=O) groups excluding carboxylic acids is 1. The van der Waals surface area contributed by atoms with Gasteiger partial charge in [0.05, 0.1) is 16.6 Å². The summed E-state index contributed by atoms with van der Waals surface area (Å²) < 4.78 is 45.8. The van der Waals surface area contributed by atoms with Gasteiger partial charge in [-0.1, -0.05) is 18.1 Å². The Morgan fingerprint density at radius 2 is 2.10 bits per heavy atom. The van der Waals surface area contributed by atoms with Crippen molar-refractivity contribution in [2.75, 3.05) is 13.1 Å². The van der Waals surface area contributed by atoms with Crippen LogP contribution in [0.5, 0.6) is 0 Å². The van der Waals surface area contributed by atoms with Gasteiger partial charge < -0.3 is 9.42 Å². The highest BCUT2D eigenvalue weighted by Gasteiger charge is 2.37. The topological polar surface area (TPSA) is 59.2 Å². The number of fused-ring (bicyclic) bond motifs is 1. The van der Waals surface area contributed by atoms with Crippen molar-refractivity contribution in [2.45, 2.75) is 45.2 Å². The number of carbonyl (C=O) groups is 1. The number of hydrogen-bond donors (Lipinski definition) is 0. The van der Waals surface area contributed by atoms with Crippen molar-refractivity contribution in [1.29, 1.82) is 0 Å². The zero-order valence-electron chi connectivity index (χ0n) is 16.7. The molecule has 30 heavy (non-hydrogen) atoms. The first kappa shape index (κ1) is 20.8. The highest BCUT2D eigenvalue weighted by molar-refractivity contribution is 7.09. The lowest BCUT2D eigenvalue weighted by atomic mass is 9.91. The maximum atomic E-state index is 13.6. The third-order valence-corrected chi connectivity index (χ3v) is 6.57. The Morgan fingerprint density at radius 1 is 1.37 bits per heavy atom. The lowest BCUT2D eigenvalue weighted by Gasteiger charge is -2.33. The smallest absolute Gasteiger partial charge is 0.342 e. The Balaban J connectivity index is 1.47. The molecular weight excluding hydrogens is 415 g/mol. The van der Waals surface area contributed by atoms with E-state index >= 15 is 0 Å². The zero-order valence-corrected chi connectivity index (χ0v) is 17.5. The number of amides is 1. The first-order valence-corrected chi connectivity index (χ1v) is 10.8. The van der Waals surface area contributed by atoms with Gasteiger partial charge in [-0.2, -0.15) is 13.2 Å². The van der Waals surface area contributed by atoms with Gasteiger partial charge in [0.25, 0.3) is 5.71 Å². The van der Waals surface area contributed by atoms with Gasteiger partial charge in [-0.05, 0) is 43.7 Å². The lowest BCUT2D eigenvalue weighted by molar-refractivity contribution is -0.136. The number of piperidine rings is 1. The average Bonchev–Trinajstić information content (AvgIpc) is 3.36. The maximum Gasteiger partial charge on any atom is 0.417 e. The molecular formula is C21H22F3N3O2S. The van der Waals surface area contributed by atoms with Crippen LogP contribution in [0, 0.1) is 12.8 Å². The van der Waals surface area contributed by atoms with Crippen molar-refractivity contribution >= 4 is 28.3 Å². The Labute approximate surface area is 175 Å². The molecule has 3 aromatic rings. The molecule has 0 N–H and O–H groups in total. The predicted molar refractivity (Wildman–Crippen MR) is 107 cm³/mol. The van der Waals surface area contributed by atoms with Gasteiger partial charge in [-0.3, -0.25) is 4.79 Å². The van der Waals surface area contributed by atoms with Crippen LogP contribution in [0.2, 0.25) is 0 Å². The molecule has 0 bridgehead atoms. The van der Waals surface area contributed by atoms with Crippen molar-refractivity contribution in [1.82, 2.24) is 15.0 Å². The summed E-state index contributed by atoms with van der Waals surface area (Å²) in [6.45, 7) is 4.42. The van der Waals surface area contributed by atoms with Gasteiger partial charge in [0.1, 0.15) is 0 Å². The quantitative estimate of drug-likeness (QED) is 0.563. The van der Waals surface area contributed by atoms with E-state index in [9.17, 15) is 18.0 Å². The van der Waals surface area contributed by atoms with Gasteiger partial charge in [-0.25, -0.2) is 4.98 Å². The van der Waals surface area contributed by atoms with E-state index in [1.54, 1.807) is 11.3 Å². The number of likely N-dealkylation sites (tertiary alicyclic amines) is 1. The van der Waals surface area contributed by atoms with Gasteiger partial charge in [0.15, 0.2) is 0 Å². The standard InChI is InChI=1S/C21H22F3N3O2S/c1-12(10-15-4-3-9-30-15)20(28)27-7-5-14(6-8-27)17-11-16(21(22,23)24)18-13(2)26-29-19(18)25-17/h3-4,9,11-12,14H,5-8,10H2,1-2H3. The van der Waals surface area contributed by atoms with Crippen LogP contribution in [-0.2, 0) is 17.4 Å². The van der Waals surface area contributed by atoms with E-state index in [1.165, 1.54) is 11.8 Å². The van der Waals surface area contributed by atoms with Crippen LogP contribution >= 0.6 is 11.3 Å². The van der Waals surface area contributed by atoms with E-state index in [0.717, 1.165) is 6.07 Å². The van der Waals surface area contributed by atoms with Crippen LogP contribution in [0.4, 0.5) is 13.2 Å². The summed E-state index contributed by atoms with van der Waals surface area (Å²) in [5.41, 5.74) is -0.314. The molecule has 160 valence electrons. The summed E-state index contributed by atoms with van der Waals surface area (Å²) in [5, 5.41) is 5.56. The average molecular weight is 437 g/mol. The lowest BCUT2D eigenvalue weighted by Crippen LogP contribution is -2.41. The number of thiophene rings is 1. The molecule has 5 nitrogen and oxygen atoms in total. The van der Waals surface area contributed by atoms with E-state index < -0.39 is 11.7 Å². The fourth-order valence-corrected chi connectivity index (χ4v) is 4.91.